The summed E-state index contributed by atoms with van der Waals surface area (Å²) >= 11 is 3.45. The molecule has 0 unspecified atom stereocenters. The van der Waals surface area contributed by atoms with Gasteiger partial charge in [0.15, 0.2) is 11.5 Å². The number of rotatable bonds is 9. The van der Waals surface area contributed by atoms with E-state index in [9.17, 15) is 8.42 Å². The van der Waals surface area contributed by atoms with Gasteiger partial charge in [-0.25, -0.2) is 4.83 Å². The van der Waals surface area contributed by atoms with E-state index in [1.54, 1.807) is 36.4 Å². The van der Waals surface area contributed by atoms with Crippen molar-refractivity contribution in [2.75, 3.05) is 13.2 Å². The van der Waals surface area contributed by atoms with Gasteiger partial charge >= 0.3 is 0 Å². The summed E-state index contributed by atoms with van der Waals surface area (Å²) in [5, 5.41) is 3.87. The van der Waals surface area contributed by atoms with Crippen LogP contribution in [0.15, 0.2) is 50.9 Å². The highest BCUT2D eigenvalue weighted by atomic mass is 79.9. The summed E-state index contributed by atoms with van der Waals surface area (Å²) in [6.07, 6.45) is 2.27. The van der Waals surface area contributed by atoms with Crippen molar-refractivity contribution in [3.63, 3.8) is 0 Å². The van der Waals surface area contributed by atoms with E-state index < -0.39 is 10.0 Å². The first-order valence-electron chi connectivity index (χ1n) is 8.64. The molecule has 0 aliphatic heterocycles. The maximum atomic E-state index is 12.3. The Kier molecular flexibility index (Phi) is 7.67. The third-order valence-electron chi connectivity index (χ3n) is 3.65. The Morgan fingerprint density at radius 1 is 1.07 bits per heavy atom. The van der Waals surface area contributed by atoms with E-state index in [2.05, 4.69) is 25.9 Å². The lowest BCUT2D eigenvalue weighted by Crippen LogP contribution is -2.18. The Bertz CT molecular complexity index is 897. The molecule has 0 saturated carbocycles. The summed E-state index contributed by atoms with van der Waals surface area (Å²) in [6, 6.07) is 10.2. The molecule has 0 aliphatic carbocycles. The molecule has 0 fully saturated rings. The average molecular weight is 455 g/mol. The predicted octanol–water partition coefficient (Wildman–Crippen LogP) is 4.12. The number of aryl methyl sites for hydroxylation is 1. The highest BCUT2D eigenvalue weighted by molar-refractivity contribution is 9.10. The molecule has 2 aromatic rings. The van der Waals surface area contributed by atoms with Gasteiger partial charge in [-0.3, -0.25) is 0 Å². The number of ether oxygens (including phenoxy) is 2. The number of sulfonamides is 1. The molecule has 0 radical (unpaired) electrons. The van der Waals surface area contributed by atoms with E-state index in [4.69, 9.17) is 9.47 Å². The summed E-state index contributed by atoms with van der Waals surface area (Å²) in [5.74, 6) is 1.17. The first kappa shape index (κ1) is 21.2. The van der Waals surface area contributed by atoms with E-state index in [-0.39, 0.29) is 4.90 Å². The molecule has 0 spiro atoms. The highest BCUT2D eigenvalue weighted by Gasteiger charge is 2.13. The van der Waals surface area contributed by atoms with Gasteiger partial charge in [0.25, 0.3) is 10.0 Å². The molecule has 2 rings (SSSR count). The molecule has 1 N–H and O–H groups in total. The zero-order valence-electron chi connectivity index (χ0n) is 15.5. The van der Waals surface area contributed by atoms with E-state index >= 15 is 0 Å². The van der Waals surface area contributed by atoms with Gasteiger partial charge in [0.2, 0.25) is 0 Å². The second kappa shape index (κ2) is 9.75. The van der Waals surface area contributed by atoms with Crippen LogP contribution in [-0.4, -0.2) is 27.8 Å². The summed E-state index contributed by atoms with van der Waals surface area (Å²) in [7, 11) is -3.72. The zero-order valence-corrected chi connectivity index (χ0v) is 17.9. The summed E-state index contributed by atoms with van der Waals surface area (Å²) in [4.78, 5) is 2.39. The number of benzene rings is 2. The summed E-state index contributed by atoms with van der Waals surface area (Å²) in [6.45, 7) is 6.76. The molecule has 0 aromatic heterocycles. The zero-order chi connectivity index (χ0) is 19.9. The van der Waals surface area contributed by atoms with Crippen LogP contribution in [0.5, 0.6) is 11.5 Å². The average Bonchev–Trinajstić information content (AvgIpc) is 2.64. The smallest absolute Gasteiger partial charge is 0.276 e. The maximum absolute atomic E-state index is 12.3. The molecule has 8 heteroatoms. The lowest BCUT2D eigenvalue weighted by molar-refractivity contribution is 0.286. The normalized spacial score (nSPS) is 11.6. The minimum absolute atomic E-state index is 0.166. The number of nitrogens with one attached hydrogen (secondary N) is 1. The molecular formula is C19H23BrN2O4S. The largest absolute Gasteiger partial charge is 0.490 e. The molecule has 6 nitrogen and oxygen atoms in total. The van der Waals surface area contributed by atoms with Crippen molar-refractivity contribution in [3.05, 3.63) is 52.0 Å². The van der Waals surface area contributed by atoms with Crippen LogP contribution in [-0.2, 0) is 16.4 Å². The molecule has 0 heterocycles. The van der Waals surface area contributed by atoms with Crippen molar-refractivity contribution in [1.82, 2.24) is 4.83 Å². The fourth-order valence-electron chi connectivity index (χ4n) is 2.34. The fourth-order valence-corrected chi connectivity index (χ4v) is 3.70. The number of hydrogen-bond acceptors (Lipinski definition) is 5. The second-order valence-electron chi connectivity index (χ2n) is 5.55. The molecule has 0 bridgehead atoms. The van der Waals surface area contributed by atoms with Gasteiger partial charge in [0.1, 0.15) is 0 Å². The van der Waals surface area contributed by atoms with Gasteiger partial charge in [0, 0.05) is 0 Å². The first-order valence-corrected chi connectivity index (χ1v) is 10.9. The number of hydrogen-bond donors (Lipinski definition) is 1. The number of nitrogens with zero attached hydrogens (tertiary/aromatic N) is 1. The van der Waals surface area contributed by atoms with Gasteiger partial charge in [-0.1, -0.05) is 19.1 Å². The highest BCUT2D eigenvalue weighted by Crippen LogP contribution is 2.36. The van der Waals surface area contributed by atoms with E-state index in [0.717, 1.165) is 12.0 Å². The van der Waals surface area contributed by atoms with Crippen LogP contribution < -0.4 is 14.3 Å². The van der Waals surface area contributed by atoms with Crippen molar-refractivity contribution in [2.24, 2.45) is 5.10 Å². The Hall–Kier alpha value is -2.06. The molecule has 0 atom stereocenters. The van der Waals surface area contributed by atoms with E-state index in [1.165, 1.54) is 6.21 Å². The van der Waals surface area contributed by atoms with E-state index in [1.807, 2.05) is 20.8 Å². The standard InChI is InChI=1S/C19H23BrN2O4S/c1-4-14-7-9-16(10-8-14)27(23,24)22-21-13-15-11-17(20)19(26-6-3)18(12-15)25-5-2/h7-13,22H,4-6H2,1-3H3. The molecule has 27 heavy (non-hydrogen) atoms. The Morgan fingerprint density at radius 3 is 2.33 bits per heavy atom. The minimum atomic E-state index is -3.72. The third-order valence-corrected chi connectivity index (χ3v) is 5.48. The molecule has 0 saturated heterocycles. The molecule has 146 valence electrons. The Balaban J connectivity index is 2.19. The third kappa shape index (κ3) is 5.71. The van der Waals surface area contributed by atoms with Crippen LogP contribution in [0.25, 0.3) is 0 Å². The monoisotopic (exact) mass is 454 g/mol. The SMILES string of the molecule is CCOc1cc(C=NNS(=O)(=O)c2ccc(CC)cc2)cc(Br)c1OCC. The van der Waals surface area contributed by atoms with Crippen molar-refractivity contribution in [1.29, 1.82) is 0 Å². The Morgan fingerprint density at radius 2 is 1.74 bits per heavy atom. The van der Waals surface area contributed by atoms with Crippen LogP contribution >= 0.6 is 15.9 Å². The van der Waals surface area contributed by atoms with Crippen LogP contribution in [0, 0.1) is 0 Å². The summed E-state index contributed by atoms with van der Waals surface area (Å²) < 4.78 is 36.5. The van der Waals surface area contributed by atoms with Crippen LogP contribution in [0.4, 0.5) is 0 Å². The quantitative estimate of drug-likeness (QED) is 0.456. The van der Waals surface area contributed by atoms with Gasteiger partial charge in [-0.2, -0.15) is 13.5 Å². The number of halogens is 1. The van der Waals surface area contributed by atoms with Crippen molar-refractivity contribution in [3.8, 4) is 11.5 Å². The predicted molar refractivity (Wildman–Crippen MR) is 110 cm³/mol. The maximum Gasteiger partial charge on any atom is 0.276 e. The van der Waals surface area contributed by atoms with Crippen LogP contribution in [0.2, 0.25) is 0 Å². The lowest BCUT2D eigenvalue weighted by atomic mass is 10.2. The molecule has 2 aromatic carbocycles. The van der Waals surface area contributed by atoms with Crippen molar-refractivity contribution in [2.45, 2.75) is 32.1 Å². The lowest BCUT2D eigenvalue weighted by Gasteiger charge is -2.13. The molecule has 0 aliphatic rings. The van der Waals surface area contributed by atoms with Gasteiger partial charge < -0.3 is 9.47 Å². The van der Waals surface area contributed by atoms with Crippen LogP contribution in [0.3, 0.4) is 0 Å². The van der Waals surface area contributed by atoms with Crippen molar-refractivity contribution < 1.29 is 17.9 Å². The minimum Gasteiger partial charge on any atom is -0.490 e. The fraction of sp³-hybridized carbons (Fsp3) is 0.316. The van der Waals surface area contributed by atoms with Gasteiger partial charge in [0.05, 0.1) is 28.8 Å². The Labute approximate surface area is 168 Å². The van der Waals surface area contributed by atoms with Gasteiger partial charge in [-0.15, -0.1) is 0 Å². The second-order valence-corrected chi connectivity index (χ2v) is 8.06. The van der Waals surface area contributed by atoms with E-state index in [0.29, 0.717) is 34.7 Å². The number of hydrazone groups is 1. The molecule has 0 amide bonds. The topological polar surface area (TPSA) is 77.0 Å². The van der Waals surface area contributed by atoms with Crippen molar-refractivity contribution >= 4 is 32.2 Å². The summed E-state index contributed by atoms with van der Waals surface area (Å²) in [5.41, 5.74) is 1.73. The van der Waals surface area contributed by atoms with Gasteiger partial charge in [-0.05, 0) is 71.6 Å². The molecular weight excluding hydrogens is 432 g/mol. The first-order chi connectivity index (χ1) is 12.9. The van der Waals surface area contributed by atoms with Crippen LogP contribution in [0.1, 0.15) is 31.9 Å².